The molecule has 0 saturated carbocycles. The van der Waals surface area contributed by atoms with Gasteiger partial charge in [-0.2, -0.15) is 0 Å². The summed E-state index contributed by atoms with van der Waals surface area (Å²) >= 11 is 0. The smallest absolute Gasteiger partial charge is 0.0801 e. The minimum absolute atomic E-state index is 1.01. The first kappa shape index (κ1) is 37.2. The second-order valence-electron chi connectivity index (χ2n) is 16.5. The van der Waals surface area contributed by atoms with Gasteiger partial charge in [-0.1, -0.05) is 170 Å². The number of hydrogen-bond acceptors (Lipinski definition) is 1. The van der Waals surface area contributed by atoms with Gasteiger partial charge < -0.3 is 0 Å². The molecule has 1 heterocycles. The van der Waals surface area contributed by atoms with E-state index in [1.165, 1.54) is 105 Å². The molecule has 0 spiro atoms. The third-order valence-electron chi connectivity index (χ3n) is 12.7. The van der Waals surface area contributed by atoms with Crippen molar-refractivity contribution < 1.29 is 0 Å². The van der Waals surface area contributed by atoms with Crippen molar-refractivity contribution in [1.29, 1.82) is 0 Å². The Morgan fingerprint density at radius 3 is 1.08 bits per heavy atom. The van der Waals surface area contributed by atoms with Crippen LogP contribution in [0.2, 0.25) is 0 Å². The van der Waals surface area contributed by atoms with E-state index in [-0.39, 0.29) is 0 Å². The highest BCUT2D eigenvalue weighted by molar-refractivity contribution is 6.34. The second-order valence-corrected chi connectivity index (χ2v) is 16.5. The SMILES string of the molecule is Cc1ccccc1-c1cc2c3ccccc3c3nc(-c4ccccc4C)c(-c4ccccc4C)c(-c4ccccc4C)c3c2c(-c2ccccc2C)c1-c1ccccc1C. The number of nitrogens with zero attached hydrogens (tertiary/aromatic N) is 1. The van der Waals surface area contributed by atoms with Crippen molar-refractivity contribution in [3.63, 3.8) is 0 Å². The molecule has 0 unspecified atom stereocenters. The molecule has 0 fully saturated rings. The Kier molecular flexibility index (Phi) is 9.26. The number of benzene rings is 9. The van der Waals surface area contributed by atoms with E-state index in [1.54, 1.807) is 0 Å². The summed E-state index contributed by atoms with van der Waals surface area (Å²) in [5.41, 5.74) is 22.7. The van der Waals surface area contributed by atoms with Crippen LogP contribution in [0.25, 0.3) is 99.3 Å². The molecule has 60 heavy (non-hydrogen) atoms. The lowest BCUT2D eigenvalue weighted by Gasteiger charge is -2.27. The normalized spacial score (nSPS) is 11.5. The van der Waals surface area contributed by atoms with Gasteiger partial charge in [-0.15, -0.1) is 0 Å². The molecular formula is C59H47N. The first-order chi connectivity index (χ1) is 29.3. The monoisotopic (exact) mass is 769 g/mol. The fraction of sp³-hybridized carbons (Fsp3) is 0.102. The average molecular weight is 770 g/mol. The quantitative estimate of drug-likeness (QED) is 0.154. The number of aryl methyl sites for hydroxylation is 6. The Labute approximate surface area is 353 Å². The Hall–Kier alpha value is -7.09. The molecule has 9 aromatic carbocycles. The highest BCUT2D eigenvalue weighted by atomic mass is 14.7. The minimum atomic E-state index is 1.01. The van der Waals surface area contributed by atoms with E-state index in [1.807, 2.05) is 0 Å². The van der Waals surface area contributed by atoms with Gasteiger partial charge >= 0.3 is 0 Å². The molecule has 1 heteroatoms. The van der Waals surface area contributed by atoms with Crippen LogP contribution in [0, 0.1) is 41.5 Å². The van der Waals surface area contributed by atoms with Crippen LogP contribution in [-0.2, 0) is 0 Å². The molecule has 0 atom stereocenters. The molecule has 0 bridgehead atoms. The zero-order valence-corrected chi connectivity index (χ0v) is 35.2. The standard InChI is InChI=1S/C59H47N/c1-36-21-7-13-27-42(36)50-35-51-48-33-19-20-34-49(48)59-57(55(51)53(44-29-15-9-23-38(44)3)52(50)43-28-14-8-22-37(43)2)54(45-30-16-10-24-39(45)4)56(46-31-17-11-25-40(46)5)58(60-59)47-32-18-12-26-41(47)6/h7-35H,1-6H3. The number of fused-ring (bicyclic) bond motifs is 6. The Morgan fingerprint density at radius 2 is 0.617 bits per heavy atom. The second kappa shape index (κ2) is 14.9. The van der Waals surface area contributed by atoms with Crippen molar-refractivity contribution >= 4 is 32.4 Å². The Balaban J connectivity index is 1.61. The van der Waals surface area contributed by atoms with Gasteiger partial charge in [0.1, 0.15) is 0 Å². The molecule has 0 saturated heterocycles. The van der Waals surface area contributed by atoms with Crippen molar-refractivity contribution in [3.05, 3.63) is 209 Å². The van der Waals surface area contributed by atoms with Crippen LogP contribution in [0.1, 0.15) is 33.4 Å². The summed E-state index contributed by atoms with van der Waals surface area (Å²) in [7, 11) is 0. The van der Waals surface area contributed by atoms with Gasteiger partial charge in [0.05, 0.1) is 11.2 Å². The topological polar surface area (TPSA) is 12.9 Å². The van der Waals surface area contributed by atoms with E-state index in [9.17, 15) is 0 Å². The van der Waals surface area contributed by atoms with E-state index >= 15 is 0 Å². The molecule has 0 aliphatic carbocycles. The molecule has 288 valence electrons. The van der Waals surface area contributed by atoms with E-state index in [2.05, 4.69) is 217 Å². The number of pyridine rings is 1. The van der Waals surface area contributed by atoms with Crippen LogP contribution >= 0.6 is 0 Å². The summed E-state index contributed by atoms with van der Waals surface area (Å²) in [5.74, 6) is 0. The average Bonchev–Trinajstić information content (AvgIpc) is 3.26. The summed E-state index contributed by atoms with van der Waals surface area (Å²) < 4.78 is 0. The molecule has 0 aliphatic heterocycles. The molecule has 1 nitrogen and oxygen atoms in total. The van der Waals surface area contributed by atoms with Gasteiger partial charge in [-0.3, -0.25) is 0 Å². The van der Waals surface area contributed by atoms with Crippen LogP contribution in [0.3, 0.4) is 0 Å². The molecular weight excluding hydrogens is 723 g/mol. The zero-order valence-electron chi connectivity index (χ0n) is 35.2. The molecule has 0 aliphatic rings. The van der Waals surface area contributed by atoms with Gasteiger partial charge in [0.15, 0.2) is 0 Å². The van der Waals surface area contributed by atoms with Crippen molar-refractivity contribution in [2.75, 3.05) is 0 Å². The molecule has 1 aromatic heterocycles. The lowest BCUT2D eigenvalue weighted by molar-refractivity contribution is 1.35. The van der Waals surface area contributed by atoms with Crippen LogP contribution in [0.15, 0.2) is 176 Å². The Bertz CT molecular complexity index is 3100. The predicted molar refractivity (Wildman–Crippen MR) is 258 cm³/mol. The Morgan fingerprint density at radius 1 is 0.267 bits per heavy atom. The first-order valence-corrected chi connectivity index (χ1v) is 21.1. The van der Waals surface area contributed by atoms with Gasteiger partial charge in [0.2, 0.25) is 0 Å². The van der Waals surface area contributed by atoms with Crippen molar-refractivity contribution in [3.8, 4) is 66.9 Å². The van der Waals surface area contributed by atoms with Gasteiger partial charge in [-0.25, -0.2) is 4.98 Å². The lowest BCUT2D eigenvalue weighted by Crippen LogP contribution is -2.03. The van der Waals surface area contributed by atoms with Gasteiger partial charge in [0, 0.05) is 32.8 Å². The van der Waals surface area contributed by atoms with E-state index in [4.69, 9.17) is 4.98 Å². The molecule has 0 amide bonds. The van der Waals surface area contributed by atoms with Gasteiger partial charge in [0.25, 0.3) is 0 Å². The zero-order chi connectivity index (χ0) is 41.1. The van der Waals surface area contributed by atoms with E-state index in [0.29, 0.717) is 0 Å². The number of rotatable bonds is 6. The summed E-state index contributed by atoms with van der Waals surface area (Å²) in [4.78, 5) is 5.99. The van der Waals surface area contributed by atoms with Crippen LogP contribution < -0.4 is 0 Å². The van der Waals surface area contributed by atoms with E-state index in [0.717, 1.165) is 27.7 Å². The summed E-state index contributed by atoms with van der Waals surface area (Å²) in [6, 6.07) is 64.8. The van der Waals surface area contributed by atoms with E-state index < -0.39 is 0 Å². The highest BCUT2D eigenvalue weighted by Crippen LogP contribution is 2.55. The summed E-state index contributed by atoms with van der Waals surface area (Å²) in [5, 5.41) is 5.98. The predicted octanol–water partition coefficient (Wildman–Crippen LogP) is 16.4. The third-order valence-corrected chi connectivity index (χ3v) is 12.7. The first-order valence-electron chi connectivity index (χ1n) is 21.1. The maximum absolute atomic E-state index is 5.99. The largest absolute Gasteiger partial charge is 0.246 e. The fourth-order valence-corrected chi connectivity index (χ4v) is 9.72. The maximum atomic E-state index is 5.99. The molecule has 10 aromatic rings. The summed E-state index contributed by atoms with van der Waals surface area (Å²) in [6.45, 7) is 13.5. The van der Waals surface area contributed by atoms with Crippen LogP contribution in [0.5, 0.6) is 0 Å². The van der Waals surface area contributed by atoms with Crippen LogP contribution in [-0.4, -0.2) is 4.98 Å². The minimum Gasteiger partial charge on any atom is -0.246 e. The van der Waals surface area contributed by atoms with Crippen molar-refractivity contribution in [2.24, 2.45) is 0 Å². The number of aromatic nitrogens is 1. The fourth-order valence-electron chi connectivity index (χ4n) is 9.72. The lowest BCUT2D eigenvalue weighted by atomic mass is 9.77. The summed E-state index contributed by atoms with van der Waals surface area (Å²) in [6.07, 6.45) is 0. The van der Waals surface area contributed by atoms with Gasteiger partial charge in [-0.05, 0) is 136 Å². The maximum Gasteiger partial charge on any atom is 0.0801 e. The molecule has 0 N–H and O–H groups in total. The third kappa shape index (κ3) is 5.96. The number of hydrogen-bond donors (Lipinski definition) is 0. The highest BCUT2D eigenvalue weighted by Gasteiger charge is 2.29. The van der Waals surface area contributed by atoms with Crippen LogP contribution in [0.4, 0.5) is 0 Å². The molecule has 0 radical (unpaired) electrons. The molecule has 10 rings (SSSR count). The van der Waals surface area contributed by atoms with Crippen molar-refractivity contribution in [1.82, 2.24) is 4.98 Å². The van der Waals surface area contributed by atoms with Crippen molar-refractivity contribution in [2.45, 2.75) is 41.5 Å².